The molecule has 1 unspecified atom stereocenters. The van der Waals surface area contributed by atoms with Crippen LogP contribution in [0.5, 0.6) is 0 Å². The number of nitrogens with zero attached hydrogens (tertiary/aromatic N) is 1. The third-order valence-electron chi connectivity index (χ3n) is 3.10. The number of nitriles is 1. The number of rotatable bonds is 3. The predicted molar refractivity (Wildman–Crippen MR) is 58.8 cm³/mol. The summed E-state index contributed by atoms with van der Waals surface area (Å²) in [5.41, 5.74) is 0.265. The molecule has 0 bridgehead atoms. The van der Waals surface area contributed by atoms with Crippen LogP contribution in [-0.2, 0) is 0 Å². The molecule has 1 atom stereocenters. The number of nitrogens with one attached hydrogen (secondary N) is 1. The van der Waals surface area contributed by atoms with Crippen LogP contribution in [0.2, 0.25) is 0 Å². The van der Waals surface area contributed by atoms with Gasteiger partial charge in [0.05, 0.1) is 11.5 Å². The van der Waals surface area contributed by atoms with E-state index in [2.05, 4.69) is 25.2 Å². The van der Waals surface area contributed by atoms with Crippen molar-refractivity contribution in [3.63, 3.8) is 0 Å². The van der Waals surface area contributed by atoms with Gasteiger partial charge in [-0.05, 0) is 38.5 Å². The summed E-state index contributed by atoms with van der Waals surface area (Å²) in [6.07, 6.45) is 3.81. The van der Waals surface area contributed by atoms with Crippen LogP contribution in [0.4, 0.5) is 0 Å². The lowest BCUT2D eigenvalue weighted by Gasteiger charge is -2.21. The highest BCUT2D eigenvalue weighted by atomic mass is 14.9. The Hall–Kier alpha value is -0.550. The van der Waals surface area contributed by atoms with Gasteiger partial charge < -0.3 is 5.32 Å². The molecule has 1 aliphatic rings. The van der Waals surface area contributed by atoms with Crippen molar-refractivity contribution < 1.29 is 0 Å². The maximum Gasteiger partial charge on any atom is 0.0697 e. The molecule has 0 aliphatic heterocycles. The molecule has 0 amide bonds. The second kappa shape index (κ2) is 3.90. The van der Waals surface area contributed by atoms with Gasteiger partial charge in [0.1, 0.15) is 0 Å². The summed E-state index contributed by atoms with van der Waals surface area (Å²) in [5.74, 6) is 0. The minimum atomic E-state index is -0.229. The summed E-state index contributed by atoms with van der Waals surface area (Å²) >= 11 is 0. The van der Waals surface area contributed by atoms with Crippen molar-refractivity contribution in [2.45, 2.75) is 53.0 Å². The number of hydrogen-bond acceptors (Lipinski definition) is 2. The van der Waals surface area contributed by atoms with Crippen molar-refractivity contribution in [3.8, 4) is 6.07 Å². The molecule has 0 aromatic rings. The van der Waals surface area contributed by atoms with Crippen molar-refractivity contribution in [3.05, 3.63) is 0 Å². The van der Waals surface area contributed by atoms with E-state index in [1.54, 1.807) is 0 Å². The molecular formula is C12H22N2. The SMILES string of the molecule is CC(C)(C#N)CNC1CCC(C)(C)C1. The first-order chi connectivity index (χ1) is 6.35. The van der Waals surface area contributed by atoms with Crippen LogP contribution in [0.25, 0.3) is 0 Å². The van der Waals surface area contributed by atoms with Crippen LogP contribution >= 0.6 is 0 Å². The quantitative estimate of drug-likeness (QED) is 0.750. The molecule has 1 fully saturated rings. The van der Waals surface area contributed by atoms with Gasteiger partial charge in [0.2, 0.25) is 0 Å². The van der Waals surface area contributed by atoms with Gasteiger partial charge in [-0.25, -0.2) is 0 Å². The molecule has 1 rings (SSSR count). The van der Waals surface area contributed by atoms with Gasteiger partial charge in [0, 0.05) is 12.6 Å². The fourth-order valence-corrected chi connectivity index (χ4v) is 2.05. The lowest BCUT2D eigenvalue weighted by Crippen LogP contribution is -2.35. The zero-order chi connectivity index (χ0) is 10.8. The second-order valence-electron chi connectivity index (χ2n) is 5.98. The van der Waals surface area contributed by atoms with Crippen molar-refractivity contribution in [2.24, 2.45) is 10.8 Å². The fraction of sp³-hybridized carbons (Fsp3) is 0.917. The molecule has 0 saturated heterocycles. The first kappa shape index (κ1) is 11.5. The topological polar surface area (TPSA) is 35.8 Å². The Labute approximate surface area is 87.7 Å². The standard InChI is InChI=1S/C12H22N2/c1-11(2)6-5-10(7-11)14-9-12(3,4)8-13/h10,14H,5-7,9H2,1-4H3. The van der Waals surface area contributed by atoms with Crippen molar-refractivity contribution in [1.29, 1.82) is 5.26 Å². The Morgan fingerprint density at radius 1 is 1.50 bits per heavy atom. The third kappa shape index (κ3) is 3.31. The van der Waals surface area contributed by atoms with Crippen LogP contribution in [0, 0.1) is 22.2 Å². The molecule has 2 heteroatoms. The monoisotopic (exact) mass is 194 g/mol. The van der Waals surface area contributed by atoms with Gasteiger partial charge in [-0.2, -0.15) is 5.26 Å². The Morgan fingerprint density at radius 3 is 2.57 bits per heavy atom. The highest BCUT2D eigenvalue weighted by Gasteiger charge is 2.31. The first-order valence-electron chi connectivity index (χ1n) is 5.49. The second-order valence-corrected chi connectivity index (χ2v) is 5.98. The molecule has 1 N–H and O–H groups in total. The van der Waals surface area contributed by atoms with E-state index in [-0.39, 0.29) is 5.41 Å². The van der Waals surface area contributed by atoms with Crippen LogP contribution < -0.4 is 5.32 Å². The van der Waals surface area contributed by atoms with E-state index in [4.69, 9.17) is 5.26 Å². The van der Waals surface area contributed by atoms with E-state index in [0.717, 1.165) is 6.54 Å². The summed E-state index contributed by atoms with van der Waals surface area (Å²) in [4.78, 5) is 0. The van der Waals surface area contributed by atoms with Gasteiger partial charge in [-0.3, -0.25) is 0 Å². The highest BCUT2D eigenvalue weighted by Crippen LogP contribution is 2.37. The van der Waals surface area contributed by atoms with Crippen LogP contribution in [0.3, 0.4) is 0 Å². The summed E-state index contributed by atoms with van der Waals surface area (Å²) in [6.45, 7) is 9.43. The summed E-state index contributed by atoms with van der Waals surface area (Å²) < 4.78 is 0. The van der Waals surface area contributed by atoms with E-state index in [1.165, 1.54) is 19.3 Å². The Balaban J connectivity index is 2.32. The summed E-state index contributed by atoms with van der Waals surface area (Å²) in [5, 5.41) is 12.4. The molecule has 0 radical (unpaired) electrons. The van der Waals surface area contributed by atoms with Crippen molar-refractivity contribution in [1.82, 2.24) is 5.32 Å². The zero-order valence-corrected chi connectivity index (χ0v) is 9.85. The van der Waals surface area contributed by atoms with Gasteiger partial charge in [0.25, 0.3) is 0 Å². The minimum absolute atomic E-state index is 0.229. The summed E-state index contributed by atoms with van der Waals surface area (Å²) in [7, 11) is 0. The molecule has 80 valence electrons. The van der Waals surface area contributed by atoms with Gasteiger partial charge >= 0.3 is 0 Å². The van der Waals surface area contributed by atoms with Crippen LogP contribution in [0.1, 0.15) is 47.0 Å². The zero-order valence-electron chi connectivity index (χ0n) is 9.85. The molecule has 1 aliphatic carbocycles. The van der Waals surface area contributed by atoms with E-state index < -0.39 is 0 Å². The lowest BCUT2D eigenvalue weighted by molar-refractivity contribution is 0.348. The normalized spacial score (nSPS) is 26.1. The Kier molecular flexibility index (Phi) is 3.21. The molecule has 0 aromatic carbocycles. The smallest absolute Gasteiger partial charge is 0.0697 e. The lowest BCUT2D eigenvalue weighted by atomic mass is 9.91. The van der Waals surface area contributed by atoms with E-state index in [9.17, 15) is 0 Å². The molecule has 1 saturated carbocycles. The Morgan fingerprint density at radius 2 is 2.14 bits per heavy atom. The Bertz CT molecular complexity index is 235. The van der Waals surface area contributed by atoms with Crippen LogP contribution in [0.15, 0.2) is 0 Å². The summed E-state index contributed by atoms with van der Waals surface area (Å²) in [6, 6.07) is 2.95. The molecule has 0 aromatic heterocycles. The van der Waals surface area contributed by atoms with Crippen molar-refractivity contribution in [2.75, 3.05) is 6.54 Å². The molecular weight excluding hydrogens is 172 g/mol. The fourth-order valence-electron chi connectivity index (χ4n) is 2.05. The third-order valence-corrected chi connectivity index (χ3v) is 3.10. The largest absolute Gasteiger partial charge is 0.312 e. The maximum atomic E-state index is 8.88. The predicted octanol–water partition coefficient (Wildman–Crippen LogP) is 2.70. The van der Waals surface area contributed by atoms with E-state index in [0.29, 0.717) is 11.5 Å². The average molecular weight is 194 g/mol. The molecule has 2 nitrogen and oxygen atoms in total. The number of hydrogen-bond donors (Lipinski definition) is 1. The van der Waals surface area contributed by atoms with E-state index in [1.807, 2.05) is 13.8 Å². The minimum Gasteiger partial charge on any atom is -0.312 e. The molecule has 14 heavy (non-hydrogen) atoms. The van der Waals surface area contributed by atoms with Crippen molar-refractivity contribution >= 4 is 0 Å². The first-order valence-corrected chi connectivity index (χ1v) is 5.49. The van der Waals surface area contributed by atoms with Gasteiger partial charge in [-0.1, -0.05) is 13.8 Å². The van der Waals surface area contributed by atoms with Crippen LogP contribution in [-0.4, -0.2) is 12.6 Å². The molecule has 0 heterocycles. The maximum absolute atomic E-state index is 8.88. The van der Waals surface area contributed by atoms with Gasteiger partial charge in [0.15, 0.2) is 0 Å². The molecule has 0 spiro atoms. The van der Waals surface area contributed by atoms with Gasteiger partial charge in [-0.15, -0.1) is 0 Å². The van der Waals surface area contributed by atoms with E-state index >= 15 is 0 Å². The highest BCUT2D eigenvalue weighted by molar-refractivity contribution is 4.95. The average Bonchev–Trinajstić information content (AvgIpc) is 2.43.